The van der Waals surface area contributed by atoms with Crippen LogP contribution in [0, 0.1) is 30.1 Å². The van der Waals surface area contributed by atoms with E-state index in [0.29, 0.717) is 11.3 Å². The van der Waals surface area contributed by atoms with Crippen LogP contribution in [0.5, 0.6) is 5.88 Å². The molecule has 0 unspecified atom stereocenters. The summed E-state index contributed by atoms with van der Waals surface area (Å²) in [5.74, 6) is 3.50. The van der Waals surface area contributed by atoms with E-state index in [1.165, 1.54) is 38.5 Å². The molecule has 98 valence electrons. The highest BCUT2D eigenvalue weighted by Crippen LogP contribution is 2.59. The molecule has 4 fully saturated rings. The molecule has 1 heterocycles. The maximum atomic E-state index is 5.89. The van der Waals surface area contributed by atoms with Crippen LogP contribution < -0.4 is 4.74 Å². The normalized spacial score (nSPS) is 41.3. The largest absolute Gasteiger partial charge is 0.474 e. The zero-order valence-corrected chi connectivity index (χ0v) is 10.9. The van der Waals surface area contributed by atoms with Crippen molar-refractivity contribution in [1.29, 1.82) is 0 Å². The van der Waals surface area contributed by atoms with Crippen LogP contribution in [0.4, 0.5) is 0 Å². The van der Waals surface area contributed by atoms with Crippen molar-refractivity contribution < 1.29 is 9.37 Å². The van der Waals surface area contributed by atoms with E-state index in [4.69, 9.17) is 9.37 Å². The Hall–Kier alpha value is -1.06. The molecule has 4 heteroatoms. The van der Waals surface area contributed by atoms with Crippen LogP contribution >= 0.6 is 0 Å². The van der Waals surface area contributed by atoms with Crippen LogP contribution in [-0.2, 0) is 0 Å². The fraction of sp³-hybridized carbons (Fsp3) is 0.857. The molecule has 4 aliphatic rings. The van der Waals surface area contributed by atoms with Gasteiger partial charge in [-0.1, -0.05) is 5.16 Å². The van der Waals surface area contributed by atoms with E-state index in [-0.39, 0.29) is 0 Å². The summed E-state index contributed by atoms with van der Waals surface area (Å²) in [4.78, 5) is 0. The van der Waals surface area contributed by atoms with E-state index in [1.54, 1.807) is 0 Å². The van der Waals surface area contributed by atoms with Gasteiger partial charge in [0.2, 0.25) is 0 Å². The van der Waals surface area contributed by atoms with Crippen molar-refractivity contribution in [2.24, 2.45) is 23.2 Å². The monoisotopic (exact) mass is 248 g/mol. The summed E-state index contributed by atoms with van der Waals surface area (Å²) in [5.41, 5.74) is 1.19. The third-order valence-electron chi connectivity index (χ3n) is 5.29. The Morgan fingerprint density at radius 1 is 1.11 bits per heavy atom. The zero-order valence-electron chi connectivity index (χ0n) is 10.9. The van der Waals surface area contributed by atoms with Gasteiger partial charge >= 0.3 is 0 Å². The van der Waals surface area contributed by atoms with E-state index in [2.05, 4.69) is 10.3 Å². The molecule has 5 rings (SSSR count). The molecule has 0 radical (unpaired) electrons. The van der Waals surface area contributed by atoms with Gasteiger partial charge in [0.1, 0.15) is 5.69 Å². The Kier molecular flexibility index (Phi) is 2.24. The lowest BCUT2D eigenvalue weighted by Crippen LogP contribution is -2.48. The lowest BCUT2D eigenvalue weighted by atomic mass is 9.50. The number of rotatable bonds is 3. The van der Waals surface area contributed by atoms with Crippen molar-refractivity contribution in [3.05, 3.63) is 5.69 Å². The Morgan fingerprint density at radius 3 is 2.22 bits per heavy atom. The number of aromatic nitrogens is 2. The third-order valence-corrected chi connectivity index (χ3v) is 5.29. The van der Waals surface area contributed by atoms with Crippen molar-refractivity contribution in [2.75, 3.05) is 6.61 Å². The van der Waals surface area contributed by atoms with Crippen LogP contribution in [0.1, 0.15) is 44.2 Å². The summed E-state index contributed by atoms with van der Waals surface area (Å²) in [5, 5.41) is 7.60. The van der Waals surface area contributed by atoms with Crippen molar-refractivity contribution >= 4 is 0 Å². The summed E-state index contributed by atoms with van der Waals surface area (Å²) in [7, 11) is 0. The average Bonchev–Trinajstić information content (AvgIpc) is 2.70. The van der Waals surface area contributed by atoms with Gasteiger partial charge in [0, 0.05) is 5.41 Å². The van der Waals surface area contributed by atoms with Gasteiger partial charge in [-0.3, -0.25) is 0 Å². The molecule has 0 spiro atoms. The minimum absolute atomic E-state index is 0.431. The predicted octanol–water partition coefficient (Wildman–Crippen LogP) is 2.97. The van der Waals surface area contributed by atoms with Gasteiger partial charge in [-0.15, -0.1) is 0 Å². The number of ether oxygens (including phenoxy) is 1. The van der Waals surface area contributed by atoms with Crippen LogP contribution in [0.2, 0.25) is 0 Å². The molecule has 0 aromatic carbocycles. The topological polar surface area (TPSA) is 48.2 Å². The molecule has 18 heavy (non-hydrogen) atoms. The summed E-state index contributed by atoms with van der Waals surface area (Å²) in [6.07, 6.45) is 8.52. The first-order chi connectivity index (χ1) is 8.72. The minimum Gasteiger partial charge on any atom is -0.474 e. The van der Waals surface area contributed by atoms with Crippen molar-refractivity contribution in [3.8, 4) is 5.88 Å². The highest BCUT2D eigenvalue weighted by atomic mass is 16.6. The average molecular weight is 248 g/mol. The van der Waals surface area contributed by atoms with Crippen molar-refractivity contribution in [1.82, 2.24) is 10.3 Å². The second kappa shape index (κ2) is 3.72. The fourth-order valence-corrected chi connectivity index (χ4v) is 5.04. The number of hydrogen-bond donors (Lipinski definition) is 0. The first-order valence-electron chi connectivity index (χ1n) is 7.14. The summed E-state index contributed by atoms with van der Waals surface area (Å²) < 4.78 is 10.6. The number of nitrogens with zero attached hydrogens (tertiary/aromatic N) is 2. The first kappa shape index (κ1) is 10.8. The standard InChI is InChI=1S/C14H20N2O2/c1-9-13(16-18-15-9)17-8-14-5-10-2-11(6-14)4-12(3-10)7-14/h10-12H,2-8H2,1H3. The van der Waals surface area contributed by atoms with Gasteiger partial charge < -0.3 is 4.74 Å². The lowest BCUT2D eigenvalue weighted by Gasteiger charge is -2.56. The van der Waals surface area contributed by atoms with E-state index in [9.17, 15) is 0 Å². The van der Waals surface area contributed by atoms with Gasteiger partial charge in [-0.05, 0) is 68.4 Å². The molecule has 4 aliphatic carbocycles. The molecule has 4 nitrogen and oxygen atoms in total. The molecule has 0 saturated heterocycles. The molecular formula is C14H20N2O2. The SMILES string of the molecule is Cc1nonc1OCC12CC3CC(CC(C3)C1)C2. The smallest absolute Gasteiger partial charge is 0.278 e. The van der Waals surface area contributed by atoms with Crippen molar-refractivity contribution in [2.45, 2.75) is 45.4 Å². The third kappa shape index (κ3) is 1.65. The van der Waals surface area contributed by atoms with E-state index < -0.39 is 0 Å². The fourth-order valence-electron chi connectivity index (χ4n) is 5.04. The Balaban J connectivity index is 1.49. The van der Waals surface area contributed by atoms with E-state index >= 15 is 0 Å². The molecular weight excluding hydrogens is 228 g/mol. The van der Waals surface area contributed by atoms with Crippen molar-refractivity contribution in [3.63, 3.8) is 0 Å². The van der Waals surface area contributed by atoms with Gasteiger partial charge in [-0.2, -0.15) is 0 Å². The van der Waals surface area contributed by atoms with Crippen LogP contribution in [0.25, 0.3) is 0 Å². The maximum absolute atomic E-state index is 5.89. The predicted molar refractivity (Wildman–Crippen MR) is 65.1 cm³/mol. The van der Waals surface area contributed by atoms with Gasteiger partial charge in [-0.25, -0.2) is 4.63 Å². The molecule has 1 aromatic rings. The molecule has 4 bridgehead atoms. The molecule has 4 saturated carbocycles. The minimum atomic E-state index is 0.431. The maximum Gasteiger partial charge on any atom is 0.278 e. The van der Waals surface area contributed by atoms with E-state index in [0.717, 1.165) is 30.1 Å². The van der Waals surface area contributed by atoms with Gasteiger partial charge in [0.05, 0.1) is 6.61 Å². The van der Waals surface area contributed by atoms with E-state index in [1.807, 2.05) is 6.92 Å². The van der Waals surface area contributed by atoms with Crippen LogP contribution in [-0.4, -0.2) is 16.9 Å². The van der Waals surface area contributed by atoms with Crippen LogP contribution in [0.15, 0.2) is 4.63 Å². The van der Waals surface area contributed by atoms with Gasteiger partial charge in [0.15, 0.2) is 0 Å². The number of hydrogen-bond acceptors (Lipinski definition) is 4. The molecule has 0 aliphatic heterocycles. The molecule has 1 aromatic heterocycles. The second-order valence-corrected chi connectivity index (χ2v) is 6.86. The molecule has 0 N–H and O–H groups in total. The molecule has 0 atom stereocenters. The first-order valence-corrected chi connectivity index (χ1v) is 7.14. The Bertz CT molecular complexity index is 419. The molecule has 0 amide bonds. The highest BCUT2D eigenvalue weighted by Gasteiger charge is 2.51. The van der Waals surface area contributed by atoms with Crippen LogP contribution in [0.3, 0.4) is 0 Å². The quantitative estimate of drug-likeness (QED) is 0.825. The summed E-state index contributed by atoms with van der Waals surface area (Å²) in [6.45, 7) is 2.69. The summed E-state index contributed by atoms with van der Waals surface area (Å²) in [6, 6.07) is 0. The number of aryl methyl sites for hydroxylation is 1. The zero-order chi connectivity index (χ0) is 12.2. The second-order valence-electron chi connectivity index (χ2n) is 6.86. The summed E-state index contributed by atoms with van der Waals surface area (Å²) >= 11 is 0. The Morgan fingerprint density at radius 2 is 1.72 bits per heavy atom. The lowest BCUT2D eigenvalue weighted by molar-refractivity contribution is -0.0755. The highest BCUT2D eigenvalue weighted by molar-refractivity contribution is 5.12. The Labute approximate surface area is 107 Å². The van der Waals surface area contributed by atoms with Gasteiger partial charge in [0.25, 0.3) is 5.88 Å².